The molecule has 1 saturated heterocycles. The van der Waals surface area contributed by atoms with Crippen LogP contribution < -0.4 is 5.73 Å². The van der Waals surface area contributed by atoms with Crippen LogP contribution in [0.1, 0.15) is 23.2 Å². The van der Waals surface area contributed by atoms with Gasteiger partial charge in [-0.05, 0) is 60.0 Å². The van der Waals surface area contributed by atoms with Crippen molar-refractivity contribution in [1.29, 1.82) is 0 Å². The van der Waals surface area contributed by atoms with Crippen LogP contribution >= 0.6 is 34.2 Å². The summed E-state index contributed by atoms with van der Waals surface area (Å²) in [5.74, 6) is -0.0322. The van der Waals surface area contributed by atoms with E-state index in [1.54, 1.807) is 4.90 Å². The highest BCUT2D eigenvalue weighted by molar-refractivity contribution is 14.1. The third kappa shape index (κ3) is 3.38. The van der Waals surface area contributed by atoms with Crippen LogP contribution in [0.25, 0.3) is 0 Å². The standard InChI is InChI=1S/C13H15ClFIN2O/c14-10-6-11(15)12(16)5-9(10)13(19)18-3-1-8(7-17)2-4-18/h5-6,8H,1-4,7,17H2. The summed E-state index contributed by atoms with van der Waals surface area (Å²) in [5.41, 5.74) is 6.00. The van der Waals surface area contributed by atoms with Crippen molar-refractivity contribution in [3.05, 3.63) is 32.1 Å². The summed E-state index contributed by atoms with van der Waals surface area (Å²) in [4.78, 5) is 14.1. The normalized spacial score (nSPS) is 16.7. The molecule has 19 heavy (non-hydrogen) atoms. The first-order valence-electron chi connectivity index (χ1n) is 6.16. The van der Waals surface area contributed by atoms with E-state index >= 15 is 0 Å². The van der Waals surface area contributed by atoms with E-state index in [1.165, 1.54) is 12.1 Å². The minimum atomic E-state index is -0.399. The number of piperidine rings is 1. The average Bonchev–Trinajstić information content (AvgIpc) is 2.42. The van der Waals surface area contributed by atoms with E-state index in [2.05, 4.69) is 0 Å². The van der Waals surface area contributed by atoms with Gasteiger partial charge in [-0.15, -0.1) is 0 Å². The summed E-state index contributed by atoms with van der Waals surface area (Å²) in [5, 5.41) is 0.170. The molecule has 0 spiro atoms. The molecule has 1 fully saturated rings. The zero-order valence-corrected chi connectivity index (χ0v) is 13.2. The number of amides is 1. The molecular weight excluding hydrogens is 382 g/mol. The number of rotatable bonds is 2. The number of hydrogen-bond donors (Lipinski definition) is 1. The largest absolute Gasteiger partial charge is 0.339 e. The highest BCUT2D eigenvalue weighted by Crippen LogP contribution is 2.25. The molecule has 1 amide bonds. The zero-order chi connectivity index (χ0) is 14.0. The van der Waals surface area contributed by atoms with Gasteiger partial charge in [0.05, 0.1) is 10.6 Å². The number of nitrogens with two attached hydrogens (primary N) is 1. The minimum absolute atomic E-state index is 0.126. The molecule has 0 saturated carbocycles. The van der Waals surface area contributed by atoms with Crippen molar-refractivity contribution in [3.63, 3.8) is 0 Å². The Morgan fingerprint density at radius 3 is 2.68 bits per heavy atom. The smallest absolute Gasteiger partial charge is 0.255 e. The molecule has 1 heterocycles. The molecule has 3 nitrogen and oxygen atoms in total. The van der Waals surface area contributed by atoms with Gasteiger partial charge in [0, 0.05) is 16.7 Å². The van der Waals surface area contributed by atoms with Crippen LogP contribution in [0.15, 0.2) is 12.1 Å². The Morgan fingerprint density at radius 2 is 2.11 bits per heavy atom. The fourth-order valence-electron chi connectivity index (χ4n) is 2.23. The topological polar surface area (TPSA) is 46.3 Å². The van der Waals surface area contributed by atoms with Crippen molar-refractivity contribution < 1.29 is 9.18 Å². The number of hydrogen-bond acceptors (Lipinski definition) is 2. The predicted molar refractivity (Wildman–Crippen MR) is 81.8 cm³/mol. The van der Waals surface area contributed by atoms with Gasteiger partial charge in [-0.1, -0.05) is 11.6 Å². The summed E-state index contributed by atoms with van der Waals surface area (Å²) < 4.78 is 13.7. The Balaban J connectivity index is 2.14. The van der Waals surface area contributed by atoms with Gasteiger partial charge in [0.25, 0.3) is 5.91 Å². The first-order valence-corrected chi connectivity index (χ1v) is 7.62. The summed E-state index contributed by atoms with van der Waals surface area (Å²) in [7, 11) is 0. The molecule has 0 aliphatic carbocycles. The van der Waals surface area contributed by atoms with E-state index in [0.717, 1.165) is 12.8 Å². The Morgan fingerprint density at radius 1 is 1.47 bits per heavy atom. The lowest BCUT2D eigenvalue weighted by Crippen LogP contribution is -2.40. The number of benzene rings is 1. The number of carbonyl (C=O) groups excluding carboxylic acids is 1. The lowest BCUT2D eigenvalue weighted by atomic mass is 9.96. The number of halogens is 3. The SMILES string of the molecule is NCC1CCN(C(=O)c2cc(I)c(F)cc2Cl)CC1. The monoisotopic (exact) mass is 396 g/mol. The van der Waals surface area contributed by atoms with Crippen molar-refractivity contribution in [3.8, 4) is 0 Å². The Bertz CT molecular complexity index is 490. The van der Waals surface area contributed by atoms with Gasteiger partial charge in [0.2, 0.25) is 0 Å². The van der Waals surface area contributed by atoms with Gasteiger partial charge in [0.15, 0.2) is 0 Å². The van der Waals surface area contributed by atoms with Gasteiger partial charge < -0.3 is 10.6 Å². The molecule has 0 unspecified atom stereocenters. The van der Waals surface area contributed by atoms with Gasteiger partial charge in [-0.3, -0.25) is 4.79 Å². The molecule has 1 aliphatic heterocycles. The van der Waals surface area contributed by atoms with Crippen LogP contribution in [0.5, 0.6) is 0 Å². The highest BCUT2D eigenvalue weighted by Gasteiger charge is 2.24. The van der Waals surface area contributed by atoms with Gasteiger partial charge in [-0.2, -0.15) is 0 Å². The Hall–Kier alpha value is -0.400. The molecular formula is C13H15ClFIN2O. The van der Waals surface area contributed by atoms with Gasteiger partial charge in [-0.25, -0.2) is 4.39 Å². The van der Waals surface area contributed by atoms with Gasteiger partial charge in [0.1, 0.15) is 5.82 Å². The Labute approximate surface area is 130 Å². The second-order valence-corrected chi connectivity index (χ2v) is 6.29. The summed E-state index contributed by atoms with van der Waals surface area (Å²) in [6.07, 6.45) is 1.83. The third-order valence-electron chi connectivity index (χ3n) is 3.48. The lowest BCUT2D eigenvalue weighted by Gasteiger charge is -2.31. The molecule has 2 N–H and O–H groups in total. The fourth-order valence-corrected chi connectivity index (χ4v) is 2.93. The van der Waals surface area contributed by atoms with Crippen LogP contribution in [-0.2, 0) is 0 Å². The lowest BCUT2D eigenvalue weighted by molar-refractivity contribution is 0.0693. The zero-order valence-electron chi connectivity index (χ0n) is 10.3. The molecule has 0 aromatic heterocycles. The summed E-state index contributed by atoms with van der Waals surface area (Å²) in [6.45, 7) is 2.03. The van der Waals surface area contributed by atoms with E-state index in [9.17, 15) is 9.18 Å². The van der Waals surface area contributed by atoms with Crippen molar-refractivity contribution in [2.75, 3.05) is 19.6 Å². The van der Waals surface area contributed by atoms with Crippen molar-refractivity contribution in [2.24, 2.45) is 11.7 Å². The molecule has 0 radical (unpaired) electrons. The maximum Gasteiger partial charge on any atom is 0.255 e. The first kappa shape index (κ1) is 15.0. The summed E-state index contributed by atoms with van der Waals surface area (Å²) in [6, 6.07) is 2.71. The average molecular weight is 397 g/mol. The van der Waals surface area contributed by atoms with Gasteiger partial charge >= 0.3 is 0 Å². The van der Waals surface area contributed by atoms with E-state index in [0.29, 0.717) is 34.7 Å². The van der Waals surface area contributed by atoms with Crippen LogP contribution in [-0.4, -0.2) is 30.4 Å². The molecule has 2 rings (SSSR count). The first-order chi connectivity index (χ1) is 9.02. The quantitative estimate of drug-likeness (QED) is 0.617. The van der Waals surface area contributed by atoms with E-state index in [4.69, 9.17) is 17.3 Å². The van der Waals surface area contributed by atoms with E-state index in [-0.39, 0.29) is 10.9 Å². The molecule has 6 heteroatoms. The van der Waals surface area contributed by atoms with Crippen molar-refractivity contribution in [1.82, 2.24) is 4.90 Å². The predicted octanol–water partition coefficient (Wildman–Crippen LogP) is 2.89. The second-order valence-electron chi connectivity index (χ2n) is 4.72. The number of likely N-dealkylation sites (tertiary alicyclic amines) is 1. The summed E-state index contributed by atoms with van der Waals surface area (Å²) >= 11 is 7.82. The van der Waals surface area contributed by atoms with Crippen molar-refractivity contribution in [2.45, 2.75) is 12.8 Å². The maximum atomic E-state index is 13.3. The third-order valence-corrected chi connectivity index (χ3v) is 4.61. The molecule has 1 aromatic carbocycles. The van der Waals surface area contributed by atoms with E-state index in [1.807, 2.05) is 22.6 Å². The maximum absolute atomic E-state index is 13.3. The molecule has 104 valence electrons. The highest BCUT2D eigenvalue weighted by atomic mass is 127. The number of carbonyl (C=O) groups is 1. The number of nitrogens with zero attached hydrogens (tertiary/aromatic N) is 1. The van der Waals surface area contributed by atoms with E-state index < -0.39 is 5.82 Å². The Kier molecular flexibility index (Phi) is 5.03. The molecule has 1 aliphatic rings. The molecule has 1 aromatic rings. The molecule has 0 atom stereocenters. The van der Waals surface area contributed by atoms with Crippen LogP contribution in [0.2, 0.25) is 5.02 Å². The van der Waals surface area contributed by atoms with Crippen molar-refractivity contribution >= 4 is 40.1 Å². The van der Waals surface area contributed by atoms with Crippen LogP contribution in [0.4, 0.5) is 4.39 Å². The van der Waals surface area contributed by atoms with Crippen LogP contribution in [0.3, 0.4) is 0 Å². The fraction of sp³-hybridized carbons (Fsp3) is 0.462. The molecule has 0 bridgehead atoms. The second kappa shape index (κ2) is 6.37. The minimum Gasteiger partial charge on any atom is -0.339 e. The van der Waals surface area contributed by atoms with Crippen LogP contribution in [0, 0.1) is 15.3 Å².